The van der Waals surface area contributed by atoms with E-state index in [4.69, 9.17) is 16.2 Å². The number of hydrogen-bond acceptors (Lipinski definition) is 4. The Kier molecular flexibility index (Phi) is 6.66. The van der Waals surface area contributed by atoms with E-state index in [0.717, 1.165) is 5.57 Å². The first-order valence-electron chi connectivity index (χ1n) is 4.94. The van der Waals surface area contributed by atoms with Crippen LogP contribution in [0.25, 0.3) is 0 Å². The molecule has 0 spiro atoms. The second kappa shape index (κ2) is 7.20. The lowest BCUT2D eigenvalue weighted by molar-refractivity contribution is -0.113. The summed E-state index contributed by atoms with van der Waals surface area (Å²) in [6, 6.07) is 0.0113. The monoisotopic (exact) mass is 212 g/mol. The zero-order valence-electron chi connectivity index (χ0n) is 9.62. The lowest BCUT2D eigenvalue weighted by Gasteiger charge is -2.07. The fourth-order valence-corrected chi connectivity index (χ4v) is 0.872. The van der Waals surface area contributed by atoms with Crippen molar-refractivity contribution in [3.63, 3.8) is 0 Å². The molecule has 0 aromatic carbocycles. The highest BCUT2D eigenvalue weighted by Crippen LogP contribution is 2.01. The van der Waals surface area contributed by atoms with Gasteiger partial charge in [-0.05, 0) is 25.5 Å². The van der Waals surface area contributed by atoms with Crippen molar-refractivity contribution in [1.82, 2.24) is 0 Å². The minimum atomic E-state index is -0.137. The van der Waals surface area contributed by atoms with E-state index >= 15 is 0 Å². The predicted octanol–water partition coefficient (Wildman–Crippen LogP) is 0.728. The summed E-state index contributed by atoms with van der Waals surface area (Å²) in [5.41, 5.74) is 12.2. The van der Waals surface area contributed by atoms with Gasteiger partial charge in [0, 0.05) is 13.0 Å². The second-order valence-electron chi connectivity index (χ2n) is 3.51. The summed E-state index contributed by atoms with van der Waals surface area (Å²) in [7, 11) is 0. The molecule has 1 unspecified atom stereocenters. The first-order chi connectivity index (χ1) is 6.97. The molecule has 0 amide bonds. The summed E-state index contributed by atoms with van der Waals surface area (Å²) >= 11 is 0. The van der Waals surface area contributed by atoms with Crippen molar-refractivity contribution in [3.8, 4) is 0 Å². The van der Waals surface area contributed by atoms with E-state index in [0.29, 0.717) is 13.2 Å². The highest BCUT2D eigenvalue weighted by molar-refractivity contribution is 5.92. The summed E-state index contributed by atoms with van der Waals surface area (Å²) < 4.78 is 5.32. The molecule has 86 valence electrons. The van der Waals surface area contributed by atoms with Gasteiger partial charge in [0.25, 0.3) is 0 Å². The van der Waals surface area contributed by atoms with Gasteiger partial charge >= 0.3 is 0 Å². The Morgan fingerprint density at radius 1 is 1.53 bits per heavy atom. The van der Waals surface area contributed by atoms with E-state index in [-0.39, 0.29) is 17.5 Å². The number of nitrogens with two attached hydrogens (primary N) is 2. The van der Waals surface area contributed by atoms with Crippen LogP contribution in [0.1, 0.15) is 20.8 Å². The first-order valence-corrected chi connectivity index (χ1v) is 4.94. The molecular weight excluding hydrogens is 192 g/mol. The molecule has 4 heteroatoms. The Morgan fingerprint density at radius 2 is 2.13 bits per heavy atom. The molecule has 1 atom stereocenters. The Labute approximate surface area is 91.0 Å². The number of ether oxygens (including phenoxy) is 1. The van der Waals surface area contributed by atoms with E-state index < -0.39 is 0 Å². The molecule has 0 saturated heterocycles. The van der Waals surface area contributed by atoms with Crippen LogP contribution < -0.4 is 11.5 Å². The molecule has 0 rings (SSSR count). The number of hydrogen-bond donors (Lipinski definition) is 2. The standard InChI is InChI=1S/C11H20N2O2/c1-4-10(5-11(13)9(3)14)7-15-6-8(2)12/h4-5,8H,6-7,12-13H2,1-3H3/b10-4+,11-5+. The summed E-state index contributed by atoms with van der Waals surface area (Å²) in [5, 5.41) is 0. The van der Waals surface area contributed by atoms with Crippen LogP contribution >= 0.6 is 0 Å². The smallest absolute Gasteiger partial charge is 0.175 e. The lowest BCUT2D eigenvalue weighted by atomic mass is 10.2. The molecule has 0 aromatic rings. The molecule has 15 heavy (non-hydrogen) atoms. The third-order valence-corrected chi connectivity index (χ3v) is 1.77. The van der Waals surface area contributed by atoms with Gasteiger partial charge in [-0.3, -0.25) is 4.79 Å². The van der Waals surface area contributed by atoms with E-state index in [2.05, 4.69) is 0 Å². The second-order valence-corrected chi connectivity index (χ2v) is 3.51. The van der Waals surface area contributed by atoms with Crippen molar-refractivity contribution in [2.24, 2.45) is 11.5 Å². The average Bonchev–Trinajstić information content (AvgIpc) is 2.15. The average molecular weight is 212 g/mol. The van der Waals surface area contributed by atoms with Crippen molar-refractivity contribution < 1.29 is 9.53 Å². The first kappa shape index (κ1) is 13.9. The number of ketones is 1. The van der Waals surface area contributed by atoms with Gasteiger partial charge in [0.15, 0.2) is 5.78 Å². The number of carbonyl (C=O) groups excluding carboxylic acids is 1. The summed E-state index contributed by atoms with van der Waals surface area (Å²) in [4.78, 5) is 10.9. The van der Waals surface area contributed by atoms with Gasteiger partial charge in [-0.2, -0.15) is 0 Å². The van der Waals surface area contributed by atoms with Crippen molar-refractivity contribution in [2.75, 3.05) is 13.2 Å². The van der Waals surface area contributed by atoms with Crippen molar-refractivity contribution in [1.29, 1.82) is 0 Å². The molecule has 0 bridgehead atoms. The van der Waals surface area contributed by atoms with Gasteiger partial charge in [-0.1, -0.05) is 6.08 Å². The van der Waals surface area contributed by atoms with Crippen molar-refractivity contribution in [2.45, 2.75) is 26.8 Å². The van der Waals surface area contributed by atoms with Gasteiger partial charge in [-0.25, -0.2) is 0 Å². The highest BCUT2D eigenvalue weighted by Gasteiger charge is 2.00. The van der Waals surface area contributed by atoms with E-state index in [1.165, 1.54) is 6.92 Å². The third kappa shape index (κ3) is 6.88. The fourth-order valence-electron chi connectivity index (χ4n) is 0.872. The van der Waals surface area contributed by atoms with E-state index in [1.807, 2.05) is 19.9 Å². The van der Waals surface area contributed by atoms with Crippen LogP contribution in [0, 0.1) is 0 Å². The number of carbonyl (C=O) groups is 1. The van der Waals surface area contributed by atoms with Crippen LogP contribution in [0.3, 0.4) is 0 Å². The highest BCUT2D eigenvalue weighted by atomic mass is 16.5. The van der Waals surface area contributed by atoms with Gasteiger partial charge in [0.2, 0.25) is 0 Å². The topological polar surface area (TPSA) is 78.3 Å². The minimum absolute atomic E-state index is 0.0113. The third-order valence-electron chi connectivity index (χ3n) is 1.77. The van der Waals surface area contributed by atoms with Gasteiger partial charge in [0.1, 0.15) is 0 Å². The molecule has 4 nitrogen and oxygen atoms in total. The zero-order valence-corrected chi connectivity index (χ0v) is 9.62. The molecule has 0 heterocycles. The minimum Gasteiger partial charge on any atom is -0.396 e. The number of Topliss-reactive ketones (excluding diaryl/α,β-unsaturated/α-hetero) is 1. The molecule has 0 aromatic heterocycles. The Hall–Kier alpha value is -1.13. The fraction of sp³-hybridized carbons (Fsp3) is 0.545. The SMILES string of the molecule is C/C=C(\C=C(\N)C(C)=O)COCC(C)N. The maximum atomic E-state index is 10.9. The molecular formula is C11H20N2O2. The van der Waals surface area contributed by atoms with Crippen molar-refractivity contribution >= 4 is 5.78 Å². The quantitative estimate of drug-likeness (QED) is 0.502. The van der Waals surface area contributed by atoms with Gasteiger partial charge in [-0.15, -0.1) is 0 Å². The van der Waals surface area contributed by atoms with Crippen molar-refractivity contribution in [3.05, 3.63) is 23.4 Å². The summed E-state index contributed by atoms with van der Waals surface area (Å²) in [6.45, 7) is 6.09. The van der Waals surface area contributed by atoms with E-state index in [1.54, 1.807) is 6.08 Å². The van der Waals surface area contributed by atoms with Crippen LogP contribution in [0.5, 0.6) is 0 Å². The molecule has 0 saturated carbocycles. The predicted molar refractivity (Wildman–Crippen MR) is 61.2 cm³/mol. The Balaban J connectivity index is 4.17. The van der Waals surface area contributed by atoms with Crippen LogP contribution in [0.4, 0.5) is 0 Å². The van der Waals surface area contributed by atoms with E-state index in [9.17, 15) is 4.79 Å². The van der Waals surface area contributed by atoms with Crippen LogP contribution in [0.2, 0.25) is 0 Å². The molecule has 0 fully saturated rings. The van der Waals surface area contributed by atoms with Gasteiger partial charge in [0.05, 0.1) is 18.9 Å². The molecule has 0 aliphatic carbocycles. The van der Waals surface area contributed by atoms with Crippen LogP contribution in [-0.2, 0) is 9.53 Å². The zero-order chi connectivity index (χ0) is 11.8. The van der Waals surface area contributed by atoms with Crippen LogP contribution in [0.15, 0.2) is 23.4 Å². The molecule has 0 aliphatic heterocycles. The maximum absolute atomic E-state index is 10.9. The number of rotatable bonds is 6. The molecule has 0 aliphatic rings. The largest absolute Gasteiger partial charge is 0.396 e. The molecule has 4 N–H and O–H groups in total. The normalized spacial score (nSPS) is 15.2. The maximum Gasteiger partial charge on any atom is 0.175 e. The Bertz CT molecular complexity index is 268. The summed E-state index contributed by atoms with van der Waals surface area (Å²) in [5.74, 6) is -0.137. The van der Waals surface area contributed by atoms with Gasteiger partial charge < -0.3 is 16.2 Å². The lowest BCUT2D eigenvalue weighted by Crippen LogP contribution is -2.22. The molecule has 0 radical (unpaired) electrons. The number of allylic oxidation sites excluding steroid dienone is 2. The van der Waals surface area contributed by atoms with Crippen LogP contribution in [-0.4, -0.2) is 25.0 Å². The Morgan fingerprint density at radius 3 is 2.53 bits per heavy atom. The summed E-state index contributed by atoms with van der Waals surface area (Å²) in [6.07, 6.45) is 3.49.